The zero-order valence-electron chi connectivity index (χ0n) is 16.4. The second-order valence-electron chi connectivity index (χ2n) is 7.40. The molecule has 4 aromatic rings. The van der Waals surface area contributed by atoms with E-state index in [1.807, 2.05) is 18.3 Å². The van der Waals surface area contributed by atoms with Crippen molar-refractivity contribution in [2.75, 3.05) is 18.5 Å². The van der Waals surface area contributed by atoms with Crippen LogP contribution in [0.5, 0.6) is 0 Å². The lowest BCUT2D eigenvalue weighted by molar-refractivity contribution is 0.0873. The lowest BCUT2D eigenvalue weighted by Crippen LogP contribution is -2.30. The van der Waals surface area contributed by atoms with Gasteiger partial charge in [-0.1, -0.05) is 0 Å². The summed E-state index contributed by atoms with van der Waals surface area (Å²) >= 11 is 0. The van der Waals surface area contributed by atoms with Crippen molar-refractivity contribution in [3.05, 3.63) is 36.4 Å². The van der Waals surface area contributed by atoms with Gasteiger partial charge in [-0.05, 0) is 38.0 Å². The molecule has 1 atom stereocenters. The molecule has 1 fully saturated rings. The zero-order valence-corrected chi connectivity index (χ0v) is 16.4. The Labute approximate surface area is 170 Å². The maximum Gasteiger partial charge on any atom is 0.256 e. The highest BCUT2D eigenvalue weighted by molar-refractivity contribution is 5.82. The van der Waals surface area contributed by atoms with Crippen LogP contribution in [0, 0.1) is 6.92 Å². The fraction of sp³-hybridized carbons (Fsp3) is 0.400. The Balaban J connectivity index is 1.49. The number of rotatable bonds is 5. The number of fused-ring (bicyclic) bond motifs is 2. The van der Waals surface area contributed by atoms with E-state index >= 15 is 0 Å². The number of aryl methyl sites for hydroxylation is 1. The van der Waals surface area contributed by atoms with E-state index in [0.29, 0.717) is 35.2 Å². The van der Waals surface area contributed by atoms with Crippen LogP contribution in [-0.4, -0.2) is 54.8 Å². The van der Waals surface area contributed by atoms with Crippen molar-refractivity contribution >= 4 is 22.6 Å². The predicted octanol–water partition coefficient (Wildman–Crippen LogP) is 3.31. The third-order valence-electron chi connectivity index (χ3n) is 5.29. The molecule has 5 rings (SSSR count). The Kier molecular flexibility index (Phi) is 4.78. The lowest BCUT2D eigenvalue weighted by Gasteiger charge is -2.22. The van der Waals surface area contributed by atoms with Crippen LogP contribution in [0.3, 0.4) is 0 Å². The average molecular weight is 413 g/mol. The molecule has 1 saturated heterocycles. The largest absolute Gasteiger partial charge is 0.379 e. The van der Waals surface area contributed by atoms with Gasteiger partial charge in [0.1, 0.15) is 11.3 Å². The summed E-state index contributed by atoms with van der Waals surface area (Å²) < 4.78 is 34.6. The van der Waals surface area contributed by atoms with Crippen LogP contribution < -0.4 is 5.32 Å². The van der Waals surface area contributed by atoms with E-state index in [1.165, 1.54) is 4.57 Å². The molecule has 0 bridgehead atoms. The second kappa shape index (κ2) is 7.60. The fourth-order valence-corrected chi connectivity index (χ4v) is 3.84. The van der Waals surface area contributed by atoms with Crippen LogP contribution in [0.4, 0.5) is 14.7 Å². The number of aromatic nitrogens is 6. The summed E-state index contributed by atoms with van der Waals surface area (Å²) in [7, 11) is 0. The van der Waals surface area contributed by atoms with Gasteiger partial charge in [-0.15, -0.1) is 5.10 Å². The molecule has 156 valence electrons. The van der Waals surface area contributed by atoms with Gasteiger partial charge in [0.25, 0.3) is 6.43 Å². The molecular weight excluding hydrogens is 392 g/mol. The molecule has 0 radical (unpaired) electrons. The molecule has 0 aromatic carbocycles. The van der Waals surface area contributed by atoms with Crippen LogP contribution in [0.2, 0.25) is 0 Å². The number of alkyl halides is 2. The summed E-state index contributed by atoms with van der Waals surface area (Å²) in [6.07, 6.45) is 3.14. The summed E-state index contributed by atoms with van der Waals surface area (Å²) in [6.45, 7) is 2.72. The molecule has 0 aliphatic carbocycles. The second-order valence-corrected chi connectivity index (χ2v) is 7.40. The normalized spacial score (nSPS) is 17.3. The third kappa shape index (κ3) is 3.47. The summed E-state index contributed by atoms with van der Waals surface area (Å²) in [5.74, 6) is 1.05. The van der Waals surface area contributed by atoms with Gasteiger partial charge >= 0.3 is 0 Å². The molecule has 1 aliphatic heterocycles. The highest BCUT2D eigenvalue weighted by atomic mass is 19.3. The standard InChI is InChI=1S/C20H21F2N7O/c1-12-24-16-5-4-15(26-19(16)28(12)10-18(21)22)14-6-7-29-17(14)9-23-20(27-29)25-13-3-2-8-30-11-13/h4-7,9,13,18H,2-3,8,10-11H2,1H3,(H,25,27)/t13-/m0/s1. The summed E-state index contributed by atoms with van der Waals surface area (Å²) in [4.78, 5) is 13.4. The Bertz CT molecular complexity index is 1200. The van der Waals surface area contributed by atoms with Crippen LogP contribution >= 0.6 is 0 Å². The van der Waals surface area contributed by atoms with Crippen LogP contribution in [-0.2, 0) is 11.3 Å². The lowest BCUT2D eigenvalue weighted by atomic mass is 10.1. The highest BCUT2D eigenvalue weighted by Crippen LogP contribution is 2.26. The van der Waals surface area contributed by atoms with Crippen molar-refractivity contribution < 1.29 is 13.5 Å². The molecule has 1 N–H and O–H groups in total. The molecule has 1 aliphatic rings. The number of ether oxygens (including phenoxy) is 1. The minimum absolute atomic E-state index is 0.202. The Hall–Kier alpha value is -3.14. The summed E-state index contributed by atoms with van der Waals surface area (Å²) in [6, 6.07) is 5.73. The minimum atomic E-state index is -2.48. The Morgan fingerprint density at radius 1 is 1.27 bits per heavy atom. The SMILES string of the molecule is Cc1nc2ccc(-c3ccn4nc(N[C@H]5CCCOC5)ncc34)nc2n1CC(F)F. The molecule has 30 heavy (non-hydrogen) atoms. The molecule has 4 aromatic heterocycles. The zero-order chi connectivity index (χ0) is 20.7. The van der Waals surface area contributed by atoms with Crippen molar-refractivity contribution in [2.24, 2.45) is 0 Å². The monoisotopic (exact) mass is 413 g/mol. The number of nitrogens with zero attached hydrogens (tertiary/aromatic N) is 6. The van der Waals surface area contributed by atoms with E-state index in [0.717, 1.165) is 30.5 Å². The van der Waals surface area contributed by atoms with Crippen molar-refractivity contribution in [2.45, 2.75) is 38.8 Å². The summed E-state index contributed by atoms with van der Waals surface area (Å²) in [5.41, 5.74) is 3.31. The van der Waals surface area contributed by atoms with Crippen LogP contribution in [0.25, 0.3) is 27.9 Å². The summed E-state index contributed by atoms with van der Waals surface area (Å²) in [5, 5.41) is 7.84. The van der Waals surface area contributed by atoms with Crippen molar-refractivity contribution in [1.29, 1.82) is 0 Å². The first-order valence-corrected chi connectivity index (χ1v) is 9.89. The Morgan fingerprint density at radius 2 is 2.17 bits per heavy atom. The van der Waals surface area contributed by atoms with Gasteiger partial charge in [0, 0.05) is 18.4 Å². The van der Waals surface area contributed by atoms with Crippen molar-refractivity contribution in [1.82, 2.24) is 29.1 Å². The number of anilines is 1. The average Bonchev–Trinajstić information content (AvgIpc) is 3.29. The van der Waals surface area contributed by atoms with Gasteiger partial charge in [0.05, 0.1) is 36.6 Å². The number of halogens is 2. The van der Waals surface area contributed by atoms with E-state index in [9.17, 15) is 8.78 Å². The molecule has 0 amide bonds. The number of hydrogen-bond acceptors (Lipinski definition) is 6. The number of pyridine rings is 1. The molecule has 0 unspecified atom stereocenters. The smallest absolute Gasteiger partial charge is 0.256 e. The van der Waals surface area contributed by atoms with E-state index < -0.39 is 13.0 Å². The first-order valence-electron chi connectivity index (χ1n) is 9.89. The van der Waals surface area contributed by atoms with Crippen molar-refractivity contribution in [3.8, 4) is 11.3 Å². The fourth-order valence-electron chi connectivity index (χ4n) is 3.84. The van der Waals surface area contributed by atoms with Gasteiger partial charge in [0.15, 0.2) is 5.65 Å². The highest BCUT2D eigenvalue weighted by Gasteiger charge is 2.17. The van der Waals surface area contributed by atoms with Crippen molar-refractivity contribution in [3.63, 3.8) is 0 Å². The first kappa shape index (κ1) is 18.9. The van der Waals surface area contributed by atoms with Gasteiger partial charge in [-0.3, -0.25) is 0 Å². The quantitative estimate of drug-likeness (QED) is 0.541. The third-order valence-corrected chi connectivity index (χ3v) is 5.29. The van der Waals surface area contributed by atoms with E-state index in [-0.39, 0.29) is 6.04 Å². The van der Waals surface area contributed by atoms with Gasteiger partial charge < -0.3 is 14.6 Å². The predicted molar refractivity (Wildman–Crippen MR) is 108 cm³/mol. The van der Waals surface area contributed by atoms with E-state index in [1.54, 1.807) is 23.7 Å². The van der Waals surface area contributed by atoms with Crippen LogP contribution in [0.1, 0.15) is 18.7 Å². The molecular formula is C20H21F2N7O. The number of hydrogen-bond donors (Lipinski definition) is 1. The molecule has 0 spiro atoms. The molecule has 0 saturated carbocycles. The van der Waals surface area contributed by atoms with E-state index in [4.69, 9.17) is 4.74 Å². The maximum absolute atomic E-state index is 13.0. The first-order chi connectivity index (χ1) is 14.6. The minimum Gasteiger partial charge on any atom is -0.379 e. The molecule has 10 heteroatoms. The van der Waals surface area contributed by atoms with Crippen LogP contribution in [0.15, 0.2) is 30.6 Å². The Morgan fingerprint density at radius 3 is 2.97 bits per heavy atom. The number of nitrogens with one attached hydrogen (secondary N) is 1. The van der Waals surface area contributed by atoms with E-state index in [2.05, 4.69) is 25.4 Å². The van der Waals surface area contributed by atoms with Gasteiger partial charge in [-0.2, -0.15) is 0 Å². The topological polar surface area (TPSA) is 82.2 Å². The van der Waals surface area contributed by atoms with Gasteiger partial charge in [-0.25, -0.2) is 28.2 Å². The molecule has 8 nitrogen and oxygen atoms in total. The maximum atomic E-state index is 13.0. The number of imidazole rings is 1. The molecule has 5 heterocycles. The van der Waals surface area contributed by atoms with Gasteiger partial charge in [0.2, 0.25) is 5.95 Å².